The highest BCUT2D eigenvalue weighted by atomic mass is 19.1. The number of nitrogens with zero attached hydrogens (tertiary/aromatic N) is 1. The SMILES string of the molecule is O=C1[C@H]2[C@H](C[C@H](CO)[C@@]3(O)O[C@H](c4ccc(O)c(F)c4)C[C@@H]23)C(=O)N1c1cccc(B(O)O)c1. The number of aliphatic hydroxyl groups is 2. The fraction of sp³-hybridized carbons (Fsp3) is 0.391. The maximum atomic E-state index is 13.9. The van der Waals surface area contributed by atoms with E-state index in [-0.39, 0.29) is 24.0 Å². The molecule has 178 valence electrons. The number of phenolic OH excluding ortho intramolecular Hbond substituents is 1. The Morgan fingerprint density at radius 2 is 1.88 bits per heavy atom. The Morgan fingerprint density at radius 1 is 1.12 bits per heavy atom. The minimum atomic E-state index is -1.91. The van der Waals surface area contributed by atoms with Gasteiger partial charge in [0.2, 0.25) is 11.8 Å². The van der Waals surface area contributed by atoms with Crippen LogP contribution in [0.3, 0.4) is 0 Å². The Hall–Kier alpha value is -2.83. The number of aliphatic hydroxyl groups excluding tert-OH is 1. The van der Waals surface area contributed by atoms with Crippen molar-refractivity contribution in [1.29, 1.82) is 0 Å². The van der Waals surface area contributed by atoms with Crippen LogP contribution in [-0.2, 0) is 14.3 Å². The van der Waals surface area contributed by atoms with E-state index in [9.17, 15) is 39.3 Å². The van der Waals surface area contributed by atoms with Gasteiger partial charge in [0.15, 0.2) is 17.4 Å². The molecule has 2 aromatic rings. The normalized spacial score (nSPS) is 32.6. The van der Waals surface area contributed by atoms with Gasteiger partial charge in [-0.05, 0) is 48.1 Å². The monoisotopic (exact) mass is 471 g/mol. The van der Waals surface area contributed by atoms with Gasteiger partial charge >= 0.3 is 7.12 Å². The van der Waals surface area contributed by atoms with E-state index in [1.807, 2.05) is 0 Å². The largest absolute Gasteiger partial charge is 0.505 e. The molecule has 0 aromatic heterocycles. The number of anilines is 1. The average molecular weight is 471 g/mol. The van der Waals surface area contributed by atoms with Crippen LogP contribution in [0.2, 0.25) is 0 Å². The lowest BCUT2D eigenvalue weighted by Gasteiger charge is -2.44. The zero-order valence-electron chi connectivity index (χ0n) is 17.9. The summed E-state index contributed by atoms with van der Waals surface area (Å²) >= 11 is 0. The third kappa shape index (κ3) is 3.35. The van der Waals surface area contributed by atoms with E-state index >= 15 is 0 Å². The third-order valence-electron chi connectivity index (χ3n) is 7.35. The summed E-state index contributed by atoms with van der Waals surface area (Å²) in [5, 5.41) is 49.9. The first-order chi connectivity index (χ1) is 16.2. The molecule has 6 atom stereocenters. The van der Waals surface area contributed by atoms with Crippen molar-refractivity contribution in [2.24, 2.45) is 23.7 Å². The lowest BCUT2D eigenvalue weighted by Crippen LogP contribution is -2.54. The Morgan fingerprint density at radius 3 is 2.56 bits per heavy atom. The van der Waals surface area contributed by atoms with Crippen LogP contribution in [0.5, 0.6) is 5.75 Å². The summed E-state index contributed by atoms with van der Waals surface area (Å²) in [6.45, 7) is -0.486. The smallest absolute Gasteiger partial charge is 0.488 e. The van der Waals surface area contributed by atoms with Gasteiger partial charge in [-0.2, -0.15) is 0 Å². The standard InChI is InChI=1S/C23H23BFNO8/c25-17-6-11(4-5-18(17)28)19-9-16-20-15(7-12(10-27)23(16,31)34-19)21(29)26(22(20)30)14-3-1-2-13(8-14)24(32)33/h1-6,8,12,15-16,19-20,27-28,31-33H,7,9-10H2/t12-,15+,16+,19+,20+,23-/m1/s1. The molecule has 2 saturated heterocycles. The van der Waals surface area contributed by atoms with Crippen molar-refractivity contribution in [3.05, 3.63) is 53.8 Å². The molecule has 1 saturated carbocycles. The number of carbonyl (C=O) groups is 2. The highest BCUT2D eigenvalue weighted by molar-refractivity contribution is 6.58. The molecule has 5 N–H and O–H groups in total. The number of halogens is 1. The van der Waals surface area contributed by atoms with Crippen molar-refractivity contribution >= 4 is 30.1 Å². The average Bonchev–Trinajstić information content (AvgIpc) is 3.29. The summed E-state index contributed by atoms with van der Waals surface area (Å²) in [5.41, 5.74) is 0.635. The van der Waals surface area contributed by atoms with Gasteiger partial charge in [-0.3, -0.25) is 14.5 Å². The quantitative estimate of drug-likeness (QED) is 0.304. The summed E-state index contributed by atoms with van der Waals surface area (Å²) in [6.07, 6.45) is -0.711. The van der Waals surface area contributed by atoms with Gasteiger partial charge in [0.1, 0.15) is 0 Å². The predicted octanol–water partition coefficient (Wildman–Crippen LogP) is -0.205. The predicted molar refractivity (Wildman–Crippen MR) is 116 cm³/mol. The molecule has 0 radical (unpaired) electrons. The van der Waals surface area contributed by atoms with Gasteiger partial charge in [-0.25, -0.2) is 4.39 Å². The van der Waals surface area contributed by atoms with Gasteiger partial charge < -0.3 is 30.1 Å². The van der Waals surface area contributed by atoms with E-state index in [1.165, 1.54) is 36.4 Å². The fourth-order valence-corrected chi connectivity index (χ4v) is 5.70. The van der Waals surface area contributed by atoms with Crippen LogP contribution >= 0.6 is 0 Å². The van der Waals surface area contributed by atoms with Crippen LogP contribution in [0.25, 0.3) is 0 Å². The van der Waals surface area contributed by atoms with Crippen molar-refractivity contribution < 1.29 is 44.1 Å². The number of fused-ring (bicyclic) bond motifs is 3. The van der Waals surface area contributed by atoms with E-state index < -0.39 is 72.7 Å². The Kier molecular flexibility index (Phi) is 5.49. The second-order valence-electron chi connectivity index (χ2n) is 9.14. The van der Waals surface area contributed by atoms with Crippen LogP contribution in [0.15, 0.2) is 42.5 Å². The molecule has 34 heavy (non-hydrogen) atoms. The molecule has 2 heterocycles. The fourth-order valence-electron chi connectivity index (χ4n) is 5.70. The second-order valence-corrected chi connectivity index (χ2v) is 9.14. The second kappa shape index (κ2) is 8.14. The molecule has 0 spiro atoms. The molecular formula is C23H23BFNO8. The van der Waals surface area contributed by atoms with Crippen LogP contribution in [0.4, 0.5) is 10.1 Å². The Bertz CT molecular complexity index is 1160. The van der Waals surface area contributed by atoms with Crippen molar-refractivity contribution in [3.8, 4) is 5.75 Å². The van der Waals surface area contributed by atoms with Crippen molar-refractivity contribution in [2.75, 3.05) is 11.5 Å². The molecule has 2 amide bonds. The first-order valence-corrected chi connectivity index (χ1v) is 11.0. The summed E-state index contributed by atoms with van der Waals surface area (Å²) in [7, 11) is -1.78. The topological polar surface area (TPSA) is 148 Å². The van der Waals surface area contributed by atoms with E-state index in [1.54, 1.807) is 0 Å². The zero-order valence-corrected chi connectivity index (χ0v) is 17.9. The number of carbonyl (C=O) groups excluding carboxylic acids is 2. The highest BCUT2D eigenvalue weighted by Gasteiger charge is 2.66. The zero-order chi connectivity index (χ0) is 24.4. The van der Waals surface area contributed by atoms with Gasteiger partial charge in [-0.1, -0.05) is 18.2 Å². The summed E-state index contributed by atoms with van der Waals surface area (Å²) in [4.78, 5) is 27.8. The van der Waals surface area contributed by atoms with Gasteiger partial charge in [0.05, 0.1) is 30.2 Å². The van der Waals surface area contributed by atoms with Crippen molar-refractivity contribution in [1.82, 2.24) is 0 Å². The number of ether oxygens (including phenoxy) is 1. The molecule has 0 unspecified atom stereocenters. The first kappa shape index (κ1) is 22.9. The molecule has 2 aromatic carbocycles. The summed E-state index contributed by atoms with van der Waals surface area (Å²) < 4.78 is 19.9. The molecule has 3 aliphatic rings. The lowest BCUT2D eigenvalue weighted by molar-refractivity contribution is -0.274. The van der Waals surface area contributed by atoms with E-state index in [4.69, 9.17) is 4.74 Å². The highest BCUT2D eigenvalue weighted by Crippen LogP contribution is 2.58. The molecule has 11 heteroatoms. The molecule has 5 rings (SSSR count). The van der Waals surface area contributed by atoms with Crippen LogP contribution in [0, 0.1) is 29.5 Å². The van der Waals surface area contributed by atoms with Crippen LogP contribution < -0.4 is 10.4 Å². The minimum absolute atomic E-state index is 0.00815. The number of rotatable bonds is 4. The Balaban J connectivity index is 1.51. The molecule has 9 nitrogen and oxygen atoms in total. The number of benzene rings is 2. The van der Waals surface area contributed by atoms with E-state index in [2.05, 4.69) is 0 Å². The Labute approximate surface area is 194 Å². The number of hydrogen-bond acceptors (Lipinski definition) is 8. The number of aromatic hydroxyl groups is 1. The minimum Gasteiger partial charge on any atom is -0.505 e. The van der Waals surface area contributed by atoms with Gasteiger partial charge in [0, 0.05) is 11.8 Å². The number of imide groups is 1. The molecule has 3 fully saturated rings. The lowest BCUT2D eigenvalue weighted by atomic mass is 9.64. The van der Waals surface area contributed by atoms with Crippen molar-refractivity contribution in [3.63, 3.8) is 0 Å². The van der Waals surface area contributed by atoms with E-state index in [0.29, 0.717) is 5.56 Å². The maximum absolute atomic E-state index is 13.9. The number of amides is 2. The van der Waals surface area contributed by atoms with Crippen LogP contribution in [0.1, 0.15) is 24.5 Å². The summed E-state index contributed by atoms with van der Waals surface area (Å²) in [6, 6.07) is 9.48. The molecule has 0 bridgehead atoms. The van der Waals surface area contributed by atoms with Crippen molar-refractivity contribution in [2.45, 2.75) is 24.7 Å². The molecule has 2 aliphatic heterocycles. The molecular weight excluding hydrogens is 448 g/mol. The van der Waals surface area contributed by atoms with Crippen LogP contribution in [-0.4, -0.2) is 56.7 Å². The van der Waals surface area contributed by atoms with Gasteiger partial charge in [-0.15, -0.1) is 0 Å². The number of phenols is 1. The summed E-state index contributed by atoms with van der Waals surface area (Å²) in [5.74, 6) is -7.81. The number of hydrogen-bond donors (Lipinski definition) is 5. The van der Waals surface area contributed by atoms with E-state index in [0.717, 1.165) is 11.0 Å². The molecule has 1 aliphatic carbocycles. The maximum Gasteiger partial charge on any atom is 0.488 e. The third-order valence-corrected chi connectivity index (χ3v) is 7.35. The first-order valence-electron chi connectivity index (χ1n) is 11.0. The van der Waals surface area contributed by atoms with Gasteiger partial charge in [0.25, 0.3) is 0 Å².